The van der Waals surface area contributed by atoms with Crippen LogP contribution in [0.15, 0.2) is 12.4 Å². The van der Waals surface area contributed by atoms with Crippen molar-refractivity contribution in [3.8, 4) is 0 Å². The van der Waals surface area contributed by atoms with Crippen molar-refractivity contribution in [2.75, 3.05) is 30.8 Å². The van der Waals surface area contributed by atoms with Crippen LogP contribution >= 0.6 is 0 Å². The predicted molar refractivity (Wildman–Crippen MR) is 51.8 cm³/mol. The summed E-state index contributed by atoms with van der Waals surface area (Å²) in [5, 5.41) is 2.84. The number of ether oxygens (including phenoxy) is 1. The molecule has 1 aromatic heterocycles. The first-order valence-corrected chi connectivity index (χ1v) is 4.36. The number of hydrogen-bond acceptors (Lipinski definition) is 5. The second kappa shape index (κ2) is 6.07. The van der Waals surface area contributed by atoms with E-state index in [1.165, 1.54) is 12.4 Å². The zero-order chi connectivity index (χ0) is 11.1. The summed E-state index contributed by atoms with van der Waals surface area (Å²) in [6.07, 6.45) is 0.472. The maximum atomic E-state index is 11.7. The van der Waals surface area contributed by atoms with Crippen molar-refractivity contribution in [3.63, 3.8) is 0 Å². The third-order valence-corrected chi connectivity index (χ3v) is 1.45. The Hall–Kier alpha value is -1.50. The normalized spacial score (nSPS) is 10.6. The number of hydrogen-bond donors (Lipinski definition) is 2. The standard InChI is InChI=1S/C8H12F2N4O/c9-6(10)5-15-2-1-13-8-4-12-3-7(11)14-8/h3-4,6H,1-2,5H2,(H3,11,13,14). The maximum absolute atomic E-state index is 11.7. The average Bonchev–Trinajstić information content (AvgIpc) is 2.17. The number of anilines is 2. The van der Waals surface area contributed by atoms with E-state index in [0.29, 0.717) is 18.2 Å². The molecule has 1 heterocycles. The van der Waals surface area contributed by atoms with Crippen molar-refractivity contribution < 1.29 is 13.5 Å². The minimum absolute atomic E-state index is 0.181. The molecule has 3 N–H and O–H groups in total. The van der Waals surface area contributed by atoms with E-state index in [1.54, 1.807) is 0 Å². The highest BCUT2D eigenvalue weighted by Crippen LogP contribution is 2.01. The Bertz CT molecular complexity index is 298. The number of rotatable bonds is 6. The molecule has 0 saturated carbocycles. The van der Waals surface area contributed by atoms with Crippen molar-refractivity contribution in [2.45, 2.75) is 6.43 Å². The molecule has 1 aromatic rings. The third kappa shape index (κ3) is 5.06. The van der Waals surface area contributed by atoms with E-state index in [0.717, 1.165) is 0 Å². The largest absolute Gasteiger partial charge is 0.382 e. The Labute approximate surface area is 85.7 Å². The molecule has 0 amide bonds. The Kier molecular flexibility index (Phi) is 4.69. The van der Waals surface area contributed by atoms with Crippen molar-refractivity contribution in [3.05, 3.63) is 12.4 Å². The van der Waals surface area contributed by atoms with E-state index in [2.05, 4.69) is 20.0 Å². The summed E-state index contributed by atoms with van der Waals surface area (Å²) in [5.41, 5.74) is 5.38. The summed E-state index contributed by atoms with van der Waals surface area (Å²) in [4.78, 5) is 7.71. The number of nitrogens with zero attached hydrogens (tertiary/aromatic N) is 2. The molecule has 0 unspecified atom stereocenters. The van der Waals surface area contributed by atoms with Gasteiger partial charge >= 0.3 is 0 Å². The number of aromatic nitrogens is 2. The van der Waals surface area contributed by atoms with Crippen LogP contribution in [0.5, 0.6) is 0 Å². The monoisotopic (exact) mass is 218 g/mol. The average molecular weight is 218 g/mol. The molecule has 5 nitrogen and oxygen atoms in total. The lowest BCUT2D eigenvalue weighted by Gasteiger charge is -2.06. The smallest absolute Gasteiger partial charge is 0.261 e. The van der Waals surface area contributed by atoms with E-state index in [9.17, 15) is 8.78 Å². The van der Waals surface area contributed by atoms with Gasteiger partial charge in [-0.25, -0.2) is 13.8 Å². The predicted octanol–water partition coefficient (Wildman–Crippen LogP) is 0.752. The highest BCUT2D eigenvalue weighted by Gasteiger charge is 2.01. The molecule has 0 radical (unpaired) electrons. The minimum atomic E-state index is -2.43. The Morgan fingerprint density at radius 2 is 2.27 bits per heavy atom. The molecule has 0 aliphatic heterocycles. The lowest BCUT2D eigenvalue weighted by molar-refractivity contribution is 0.0215. The molecule has 0 fully saturated rings. The number of halogens is 2. The highest BCUT2D eigenvalue weighted by molar-refractivity contribution is 5.38. The lowest BCUT2D eigenvalue weighted by Crippen LogP contribution is -2.14. The van der Waals surface area contributed by atoms with Gasteiger partial charge in [-0.2, -0.15) is 0 Å². The van der Waals surface area contributed by atoms with Crippen LogP contribution < -0.4 is 11.1 Å². The molecule has 1 rings (SSSR count). The second-order valence-corrected chi connectivity index (χ2v) is 2.72. The second-order valence-electron chi connectivity index (χ2n) is 2.72. The highest BCUT2D eigenvalue weighted by atomic mass is 19.3. The molecule has 7 heteroatoms. The first-order valence-electron chi connectivity index (χ1n) is 4.36. The minimum Gasteiger partial charge on any atom is -0.382 e. The number of alkyl halides is 2. The topological polar surface area (TPSA) is 73.1 Å². The molecule has 0 atom stereocenters. The van der Waals surface area contributed by atoms with E-state index >= 15 is 0 Å². The van der Waals surface area contributed by atoms with E-state index in [1.807, 2.05) is 0 Å². The van der Waals surface area contributed by atoms with Crippen molar-refractivity contribution in [2.24, 2.45) is 0 Å². The van der Waals surface area contributed by atoms with Gasteiger partial charge in [0.1, 0.15) is 18.2 Å². The van der Waals surface area contributed by atoms with Crippen LogP contribution in [0.2, 0.25) is 0 Å². The quantitative estimate of drug-likeness (QED) is 0.689. The van der Waals surface area contributed by atoms with Gasteiger partial charge in [0.2, 0.25) is 0 Å². The fourth-order valence-electron chi connectivity index (χ4n) is 0.890. The van der Waals surface area contributed by atoms with Crippen molar-refractivity contribution in [1.29, 1.82) is 0 Å². The van der Waals surface area contributed by atoms with Crippen molar-refractivity contribution >= 4 is 11.6 Å². The molecule has 0 bridgehead atoms. The van der Waals surface area contributed by atoms with Gasteiger partial charge in [0.15, 0.2) is 0 Å². The lowest BCUT2D eigenvalue weighted by atomic mass is 10.6. The summed E-state index contributed by atoms with van der Waals surface area (Å²) < 4.78 is 28.0. The molecule has 0 aliphatic rings. The van der Waals surface area contributed by atoms with E-state index in [4.69, 9.17) is 5.73 Å². The number of nitrogens with one attached hydrogen (secondary N) is 1. The van der Waals surface area contributed by atoms with Gasteiger partial charge in [0.05, 0.1) is 19.0 Å². The van der Waals surface area contributed by atoms with Crippen molar-refractivity contribution in [1.82, 2.24) is 9.97 Å². The summed E-state index contributed by atoms with van der Waals surface area (Å²) in [5.74, 6) is 0.796. The zero-order valence-electron chi connectivity index (χ0n) is 7.99. The van der Waals surface area contributed by atoms with Crippen LogP contribution in [0.25, 0.3) is 0 Å². The molecular weight excluding hydrogens is 206 g/mol. The molecule has 15 heavy (non-hydrogen) atoms. The van der Waals surface area contributed by atoms with Gasteiger partial charge in [-0.1, -0.05) is 0 Å². The van der Waals surface area contributed by atoms with Crippen LogP contribution in [0.4, 0.5) is 20.4 Å². The van der Waals surface area contributed by atoms with Crippen LogP contribution in [0.1, 0.15) is 0 Å². The number of nitrogens with two attached hydrogens (primary N) is 1. The molecule has 0 spiro atoms. The summed E-state index contributed by atoms with van der Waals surface area (Å²) >= 11 is 0. The van der Waals surface area contributed by atoms with E-state index < -0.39 is 13.0 Å². The Balaban J connectivity index is 2.15. The SMILES string of the molecule is Nc1cncc(NCCOCC(F)F)n1. The Morgan fingerprint density at radius 1 is 1.47 bits per heavy atom. The van der Waals surface area contributed by atoms with Crippen LogP contribution in [0, 0.1) is 0 Å². The van der Waals surface area contributed by atoms with E-state index in [-0.39, 0.29) is 6.61 Å². The van der Waals surface area contributed by atoms with Crippen LogP contribution in [0.3, 0.4) is 0 Å². The third-order valence-electron chi connectivity index (χ3n) is 1.45. The molecule has 0 aromatic carbocycles. The molecule has 0 aliphatic carbocycles. The molecule has 84 valence electrons. The van der Waals surface area contributed by atoms with Gasteiger partial charge in [-0.15, -0.1) is 0 Å². The first-order chi connectivity index (χ1) is 7.18. The summed E-state index contributed by atoms with van der Waals surface area (Å²) in [6, 6.07) is 0. The number of nitrogen functional groups attached to an aromatic ring is 1. The van der Waals surface area contributed by atoms with Crippen LogP contribution in [-0.4, -0.2) is 36.2 Å². The molecule has 0 saturated heterocycles. The molecular formula is C8H12F2N4O. The summed E-state index contributed by atoms with van der Waals surface area (Å²) in [7, 11) is 0. The fourth-order valence-corrected chi connectivity index (χ4v) is 0.890. The van der Waals surface area contributed by atoms with Gasteiger partial charge in [0.25, 0.3) is 6.43 Å². The van der Waals surface area contributed by atoms with Crippen LogP contribution in [-0.2, 0) is 4.74 Å². The van der Waals surface area contributed by atoms with Gasteiger partial charge in [-0.3, -0.25) is 4.98 Å². The summed E-state index contributed by atoms with van der Waals surface area (Å²) in [6.45, 7) is 0.00988. The zero-order valence-corrected chi connectivity index (χ0v) is 7.99. The Morgan fingerprint density at radius 3 is 2.93 bits per heavy atom. The fraction of sp³-hybridized carbons (Fsp3) is 0.500. The first kappa shape index (κ1) is 11.6. The van der Waals surface area contributed by atoms with Gasteiger partial charge in [0, 0.05) is 6.54 Å². The van der Waals surface area contributed by atoms with Gasteiger partial charge in [-0.05, 0) is 0 Å². The maximum Gasteiger partial charge on any atom is 0.261 e. The van der Waals surface area contributed by atoms with Gasteiger partial charge < -0.3 is 15.8 Å².